The number of ether oxygens (including phenoxy) is 1. The number of amides is 2. The molecule has 4 fully saturated rings. The average Bonchev–Trinajstić information content (AvgIpc) is 3.53. The van der Waals surface area contributed by atoms with E-state index in [0.29, 0.717) is 49.5 Å². The van der Waals surface area contributed by atoms with E-state index in [4.69, 9.17) is 4.74 Å². The van der Waals surface area contributed by atoms with Crippen LogP contribution in [-0.2, 0) is 14.3 Å². The zero-order valence-corrected chi connectivity index (χ0v) is 20.0. The summed E-state index contributed by atoms with van der Waals surface area (Å²) in [6.07, 6.45) is 9.71. The third-order valence-corrected chi connectivity index (χ3v) is 8.77. The van der Waals surface area contributed by atoms with E-state index in [2.05, 4.69) is 35.9 Å². The molecule has 5 rings (SSSR count). The summed E-state index contributed by atoms with van der Waals surface area (Å²) >= 11 is 0. The maximum atomic E-state index is 13.6. The van der Waals surface area contributed by atoms with E-state index in [1.54, 1.807) is 0 Å². The molecule has 1 N–H and O–H groups in total. The highest BCUT2D eigenvalue weighted by atomic mass is 16.5. The Hall–Kier alpha value is -1.60. The minimum Gasteiger partial charge on any atom is -0.379 e. The Morgan fingerprint density at radius 3 is 2.75 bits per heavy atom. The predicted octanol–water partition coefficient (Wildman–Crippen LogP) is 2.33. The molecule has 0 spiro atoms. The number of hydrogen-bond acceptors (Lipinski definition) is 5. The molecular weight excluding hydrogens is 404 g/mol. The maximum Gasteiger partial charge on any atom is 0.269 e. The first-order chi connectivity index (χ1) is 15.5. The number of carbonyl (C=O) groups is 2. The fourth-order valence-corrected chi connectivity index (χ4v) is 7.14. The molecule has 6 atom stereocenters. The van der Waals surface area contributed by atoms with E-state index in [1.807, 2.05) is 11.1 Å². The number of rotatable bonds is 5. The lowest BCUT2D eigenvalue weighted by atomic mass is 9.79. The summed E-state index contributed by atoms with van der Waals surface area (Å²) in [5.74, 6) is 0.932. The lowest BCUT2D eigenvalue weighted by Crippen LogP contribution is -2.57. The lowest BCUT2D eigenvalue weighted by Gasteiger charge is -2.42. The first-order valence-corrected chi connectivity index (χ1v) is 12.9. The minimum absolute atomic E-state index is 0.0135. The predicted molar refractivity (Wildman–Crippen MR) is 123 cm³/mol. The van der Waals surface area contributed by atoms with Crippen molar-refractivity contribution in [2.75, 3.05) is 26.3 Å². The summed E-state index contributed by atoms with van der Waals surface area (Å²) in [6, 6.07) is 1.04. The molecule has 1 aliphatic carbocycles. The van der Waals surface area contributed by atoms with E-state index in [0.717, 1.165) is 25.8 Å². The van der Waals surface area contributed by atoms with Gasteiger partial charge in [-0.2, -0.15) is 0 Å². The van der Waals surface area contributed by atoms with Crippen LogP contribution in [0.1, 0.15) is 65.7 Å². The molecule has 1 saturated carbocycles. The summed E-state index contributed by atoms with van der Waals surface area (Å²) in [5, 5.41) is 3.27. The average molecular weight is 445 g/mol. The van der Waals surface area contributed by atoms with Gasteiger partial charge in [0.25, 0.3) is 5.91 Å². The number of carbonyl (C=O) groups excluding carboxylic acids is 2. The van der Waals surface area contributed by atoms with E-state index in [9.17, 15) is 9.59 Å². The van der Waals surface area contributed by atoms with Crippen molar-refractivity contribution in [3.05, 3.63) is 11.9 Å². The molecule has 0 aromatic heterocycles. The first kappa shape index (κ1) is 22.2. The van der Waals surface area contributed by atoms with Crippen molar-refractivity contribution in [3.8, 4) is 0 Å². The summed E-state index contributed by atoms with van der Waals surface area (Å²) in [7, 11) is 0. The second-order valence-electron chi connectivity index (χ2n) is 10.8. The van der Waals surface area contributed by atoms with Crippen molar-refractivity contribution < 1.29 is 14.3 Å². The molecule has 7 heteroatoms. The largest absolute Gasteiger partial charge is 0.379 e. The van der Waals surface area contributed by atoms with Crippen LogP contribution in [0.4, 0.5) is 0 Å². The minimum atomic E-state index is -0.215. The van der Waals surface area contributed by atoms with Crippen LogP contribution in [0, 0.1) is 11.8 Å². The number of hydrogen-bond donors (Lipinski definition) is 1. The van der Waals surface area contributed by atoms with Crippen molar-refractivity contribution in [1.29, 1.82) is 0 Å². The van der Waals surface area contributed by atoms with Gasteiger partial charge in [-0.1, -0.05) is 19.8 Å². The van der Waals surface area contributed by atoms with Crippen LogP contribution in [0.3, 0.4) is 0 Å². The Morgan fingerprint density at radius 2 is 2.00 bits per heavy atom. The van der Waals surface area contributed by atoms with Gasteiger partial charge >= 0.3 is 0 Å². The lowest BCUT2D eigenvalue weighted by molar-refractivity contribution is -0.139. The molecule has 7 nitrogen and oxygen atoms in total. The SMILES string of the molecule is CC1C2CCCCC2N2C(C(=O)NC[C@@H]3CCCN3C(C)C)=CN([C@H]3CCOC3)C(=O)C12. The van der Waals surface area contributed by atoms with Gasteiger partial charge in [0.1, 0.15) is 11.7 Å². The summed E-state index contributed by atoms with van der Waals surface area (Å²) in [6.45, 7) is 9.74. The van der Waals surface area contributed by atoms with Crippen LogP contribution < -0.4 is 5.32 Å². The molecule has 0 aromatic rings. The van der Waals surface area contributed by atoms with Gasteiger partial charge in [0, 0.05) is 37.5 Å². The topological polar surface area (TPSA) is 65.1 Å². The first-order valence-electron chi connectivity index (χ1n) is 12.9. The molecule has 4 unspecified atom stereocenters. The third-order valence-electron chi connectivity index (χ3n) is 8.77. The van der Waals surface area contributed by atoms with Gasteiger partial charge in [0.2, 0.25) is 5.91 Å². The van der Waals surface area contributed by atoms with Crippen LogP contribution in [0.25, 0.3) is 0 Å². The van der Waals surface area contributed by atoms with Crippen molar-refractivity contribution in [1.82, 2.24) is 20.0 Å². The van der Waals surface area contributed by atoms with Gasteiger partial charge in [-0.15, -0.1) is 0 Å². The highest BCUT2D eigenvalue weighted by Gasteiger charge is 2.55. The van der Waals surface area contributed by atoms with Crippen molar-refractivity contribution >= 4 is 11.8 Å². The van der Waals surface area contributed by atoms with Crippen molar-refractivity contribution in [3.63, 3.8) is 0 Å². The van der Waals surface area contributed by atoms with Gasteiger partial charge in [0.05, 0.1) is 12.6 Å². The monoisotopic (exact) mass is 444 g/mol. The Labute approximate surface area is 192 Å². The van der Waals surface area contributed by atoms with Crippen LogP contribution >= 0.6 is 0 Å². The van der Waals surface area contributed by atoms with E-state index in [-0.39, 0.29) is 29.8 Å². The molecule has 5 aliphatic rings. The van der Waals surface area contributed by atoms with Gasteiger partial charge in [0.15, 0.2) is 0 Å². The molecule has 4 heterocycles. The Kier molecular flexibility index (Phi) is 6.23. The fourth-order valence-electron chi connectivity index (χ4n) is 7.14. The van der Waals surface area contributed by atoms with Crippen LogP contribution in [0.2, 0.25) is 0 Å². The Balaban J connectivity index is 1.40. The second-order valence-corrected chi connectivity index (χ2v) is 10.8. The van der Waals surface area contributed by atoms with Crippen LogP contribution in [0.15, 0.2) is 11.9 Å². The van der Waals surface area contributed by atoms with Crippen LogP contribution in [0.5, 0.6) is 0 Å². The zero-order valence-electron chi connectivity index (χ0n) is 20.0. The number of fused-ring (bicyclic) bond motifs is 3. The summed E-state index contributed by atoms with van der Waals surface area (Å²) in [5.41, 5.74) is 0.705. The third kappa shape index (κ3) is 3.75. The molecule has 32 heavy (non-hydrogen) atoms. The van der Waals surface area contributed by atoms with E-state index >= 15 is 0 Å². The van der Waals surface area contributed by atoms with Gasteiger partial charge in [-0.3, -0.25) is 14.5 Å². The van der Waals surface area contributed by atoms with E-state index in [1.165, 1.54) is 25.7 Å². The van der Waals surface area contributed by atoms with E-state index < -0.39 is 0 Å². The standard InChI is InChI=1S/C25H40N4O3/c1-16(2)27-11-6-7-18(27)13-26-24(30)22-14-28(19-10-12-32-15-19)25(31)23-17(3)20-8-4-5-9-21(20)29(22)23/h14,16-21,23H,4-13,15H2,1-3H3,(H,26,30)/t17?,18-,19-,20?,21?,23?/m0/s1. The van der Waals surface area contributed by atoms with Gasteiger partial charge < -0.3 is 19.9 Å². The molecule has 0 aromatic carbocycles. The highest BCUT2D eigenvalue weighted by molar-refractivity contribution is 5.97. The number of nitrogens with one attached hydrogen (secondary N) is 1. The molecule has 0 bridgehead atoms. The Bertz CT molecular complexity index is 762. The summed E-state index contributed by atoms with van der Waals surface area (Å²) < 4.78 is 5.59. The molecule has 4 aliphatic heterocycles. The fraction of sp³-hybridized carbons (Fsp3) is 0.840. The summed E-state index contributed by atoms with van der Waals surface area (Å²) in [4.78, 5) is 33.8. The zero-order chi connectivity index (χ0) is 22.4. The van der Waals surface area contributed by atoms with Gasteiger partial charge in [-0.25, -0.2) is 0 Å². The smallest absolute Gasteiger partial charge is 0.269 e. The number of nitrogens with zero attached hydrogens (tertiary/aromatic N) is 3. The number of likely N-dealkylation sites (tertiary alicyclic amines) is 1. The van der Waals surface area contributed by atoms with Crippen molar-refractivity contribution in [2.24, 2.45) is 11.8 Å². The molecule has 2 amide bonds. The molecule has 3 saturated heterocycles. The quantitative estimate of drug-likeness (QED) is 0.705. The normalized spacial score (nSPS) is 37.6. The maximum absolute atomic E-state index is 13.6. The van der Waals surface area contributed by atoms with Crippen LogP contribution in [-0.4, -0.2) is 83.0 Å². The van der Waals surface area contributed by atoms with Crippen molar-refractivity contribution in [2.45, 2.75) is 95.9 Å². The molecular formula is C25H40N4O3. The molecule has 0 radical (unpaired) electrons. The highest BCUT2D eigenvalue weighted by Crippen LogP contribution is 2.47. The second kappa shape index (κ2) is 8.98. The van der Waals surface area contributed by atoms with Gasteiger partial charge in [-0.05, 0) is 64.3 Å². The molecule has 178 valence electrons. The Morgan fingerprint density at radius 1 is 1.19 bits per heavy atom.